The maximum Gasteiger partial charge on any atom is 0.233 e. The molecule has 0 aliphatic carbocycles. The number of hydrogen-bond acceptors (Lipinski definition) is 5. The third-order valence-electron chi connectivity index (χ3n) is 3.27. The first-order chi connectivity index (χ1) is 10.8. The zero-order valence-electron chi connectivity index (χ0n) is 12.9. The fourth-order valence-corrected chi connectivity index (χ4v) is 3.30. The fourth-order valence-electron chi connectivity index (χ4n) is 1.90. The zero-order valence-corrected chi connectivity index (χ0v) is 15.2. The van der Waals surface area contributed by atoms with Crippen LogP contribution in [0.2, 0.25) is 10.0 Å². The number of aryl methyl sites for hydroxylation is 1. The number of halogens is 2. The van der Waals surface area contributed by atoms with Crippen LogP contribution in [-0.2, 0) is 4.79 Å². The smallest absolute Gasteiger partial charge is 0.233 e. The Kier molecular flexibility index (Phi) is 5.78. The van der Waals surface area contributed by atoms with E-state index in [4.69, 9.17) is 29.0 Å². The predicted molar refractivity (Wildman–Crippen MR) is 93.2 cm³/mol. The van der Waals surface area contributed by atoms with E-state index in [1.807, 2.05) is 6.92 Å². The first kappa shape index (κ1) is 17.9. The van der Waals surface area contributed by atoms with Crippen molar-refractivity contribution in [2.45, 2.75) is 37.2 Å². The second-order valence-electron chi connectivity index (χ2n) is 5.06. The number of rotatable bonds is 5. The third-order valence-corrected chi connectivity index (χ3v) is 4.89. The van der Waals surface area contributed by atoms with Crippen LogP contribution in [0.3, 0.4) is 0 Å². The van der Waals surface area contributed by atoms with Gasteiger partial charge >= 0.3 is 0 Å². The van der Waals surface area contributed by atoms with E-state index in [9.17, 15) is 4.79 Å². The number of amides is 1. The van der Waals surface area contributed by atoms with E-state index in [1.54, 1.807) is 32.0 Å². The van der Waals surface area contributed by atoms with Crippen molar-refractivity contribution in [1.82, 2.24) is 20.2 Å². The number of nitrogens with zero attached hydrogens (tertiary/aromatic N) is 3. The molecule has 9 heteroatoms. The van der Waals surface area contributed by atoms with Crippen LogP contribution in [0.1, 0.15) is 31.3 Å². The van der Waals surface area contributed by atoms with Crippen LogP contribution in [0, 0.1) is 6.92 Å². The first-order valence-corrected chi connectivity index (χ1v) is 8.52. The van der Waals surface area contributed by atoms with Gasteiger partial charge in [0, 0.05) is 10.0 Å². The van der Waals surface area contributed by atoms with Crippen molar-refractivity contribution in [2.75, 3.05) is 5.84 Å². The van der Waals surface area contributed by atoms with Gasteiger partial charge in [-0.25, -0.2) is 4.68 Å². The van der Waals surface area contributed by atoms with Gasteiger partial charge in [-0.05, 0) is 38.5 Å². The molecule has 0 aliphatic heterocycles. The number of hydrogen-bond donors (Lipinski definition) is 2. The van der Waals surface area contributed by atoms with Gasteiger partial charge in [-0.15, -0.1) is 10.2 Å². The van der Waals surface area contributed by atoms with E-state index in [2.05, 4.69) is 15.5 Å². The lowest BCUT2D eigenvalue weighted by Crippen LogP contribution is -2.33. The SMILES string of the molecule is Cc1nnc(S[C@@H](C)C(=O)N[C@@H](C)c2ccc(Cl)cc2Cl)n1N. The molecular formula is C14H17Cl2N5OS. The number of benzene rings is 1. The molecule has 0 fully saturated rings. The molecule has 0 radical (unpaired) electrons. The van der Waals surface area contributed by atoms with Gasteiger partial charge in [0.15, 0.2) is 0 Å². The minimum absolute atomic E-state index is 0.144. The average Bonchev–Trinajstić information content (AvgIpc) is 2.79. The van der Waals surface area contributed by atoms with Crippen LogP contribution in [0.4, 0.5) is 0 Å². The minimum atomic E-state index is -0.380. The highest BCUT2D eigenvalue weighted by Crippen LogP contribution is 2.27. The van der Waals surface area contributed by atoms with Crippen molar-refractivity contribution in [2.24, 2.45) is 0 Å². The van der Waals surface area contributed by atoms with E-state index in [-0.39, 0.29) is 17.2 Å². The molecule has 0 saturated heterocycles. The molecule has 1 aromatic heterocycles. The largest absolute Gasteiger partial charge is 0.349 e. The number of carbonyl (C=O) groups is 1. The molecule has 2 atom stereocenters. The summed E-state index contributed by atoms with van der Waals surface area (Å²) in [4.78, 5) is 12.3. The first-order valence-electron chi connectivity index (χ1n) is 6.88. The van der Waals surface area contributed by atoms with Crippen molar-refractivity contribution in [1.29, 1.82) is 0 Å². The fraction of sp³-hybridized carbons (Fsp3) is 0.357. The van der Waals surface area contributed by atoms with Crippen molar-refractivity contribution in [3.63, 3.8) is 0 Å². The summed E-state index contributed by atoms with van der Waals surface area (Å²) in [6.07, 6.45) is 0. The Morgan fingerprint density at radius 1 is 1.35 bits per heavy atom. The maximum absolute atomic E-state index is 12.3. The molecule has 1 amide bonds. The van der Waals surface area contributed by atoms with Gasteiger partial charge in [0.05, 0.1) is 11.3 Å². The average molecular weight is 374 g/mol. The Morgan fingerprint density at radius 2 is 2.04 bits per heavy atom. The Balaban J connectivity index is 2.01. The van der Waals surface area contributed by atoms with Crippen LogP contribution in [-0.4, -0.2) is 26.0 Å². The summed E-state index contributed by atoms with van der Waals surface area (Å²) >= 11 is 13.3. The van der Waals surface area contributed by atoms with E-state index < -0.39 is 0 Å². The molecule has 0 aliphatic rings. The molecule has 0 bridgehead atoms. The van der Waals surface area contributed by atoms with Gasteiger partial charge < -0.3 is 11.2 Å². The second-order valence-corrected chi connectivity index (χ2v) is 7.21. The maximum atomic E-state index is 12.3. The minimum Gasteiger partial charge on any atom is -0.349 e. The molecule has 6 nitrogen and oxygen atoms in total. The standard InChI is InChI=1S/C14H17Cl2N5OS/c1-7(11-5-4-10(15)6-12(11)16)18-13(22)8(2)23-14-20-19-9(3)21(14)17/h4-8H,17H2,1-3H3,(H,18,22)/t7-,8-/m0/s1. The molecule has 1 heterocycles. The summed E-state index contributed by atoms with van der Waals surface area (Å²) in [5.74, 6) is 6.23. The summed E-state index contributed by atoms with van der Waals surface area (Å²) in [5, 5.41) is 11.9. The van der Waals surface area contributed by atoms with Gasteiger partial charge in [-0.1, -0.05) is 41.0 Å². The number of nitrogens with two attached hydrogens (primary N) is 1. The van der Waals surface area contributed by atoms with Gasteiger partial charge in [0.25, 0.3) is 0 Å². The van der Waals surface area contributed by atoms with Crippen LogP contribution in [0.5, 0.6) is 0 Å². The zero-order chi connectivity index (χ0) is 17.1. The number of carbonyl (C=O) groups excluding carboxylic acids is 1. The van der Waals surface area contributed by atoms with Crippen LogP contribution in [0.25, 0.3) is 0 Å². The van der Waals surface area contributed by atoms with Crippen molar-refractivity contribution in [3.05, 3.63) is 39.6 Å². The monoisotopic (exact) mass is 373 g/mol. The summed E-state index contributed by atoms with van der Waals surface area (Å²) in [6, 6.07) is 4.95. The molecule has 3 N–H and O–H groups in total. The van der Waals surface area contributed by atoms with Crippen molar-refractivity contribution >= 4 is 40.9 Å². The summed E-state index contributed by atoms with van der Waals surface area (Å²) in [6.45, 7) is 5.38. The lowest BCUT2D eigenvalue weighted by atomic mass is 10.1. The molecule has 1 aromatic carbocycles. The second kappa shape index (κ2) is 7.42. The van der Waals surface area contributed by atoms with Gasteiger partial charge in [0.1, 0.15) is 5.82 Å². The lowest BCUT2D eigenvalue weighted by molar-refractivity contribution is -0.120. The Labute approximate surface area is 148 Å². The van der Waals surface area contributed by atoms with E-state index in [0.29, 0.717) is 21.0 Å². The molecule has 124 valence electrons. The number of thioether (sulfide) groups is 1. The molecule has 0 unspecified atom stereocenters. The van der Waals surface area contributed by atoms with Gasteiger partial charge in [-0.2, -0.15) is 0 Å². The predicted octanol–water partition coefficient (Wildman–Crippen LogP) is 2.97. The Bertz CT molecular complexity index is 721. The van der Waals surface area contributed by atoms with Crippen LogP contribution in [0.15, 0.2) is 23.4 Å². The highest BCUT2D eigenvalue weighted by molar-refractivity contribution is 8.00. The van der Waals surface area contributed by atoms with Gasteiger partial charge in [0.2, 0.25) is 11.1 Å². The molecule has 0 saturated carbocycles. The van der Waals surface area contributed by atoms with E-state index in [0.717, 1.165) is 5.56 Å². The summed E-state index contributed by atoms with van der Waals surface area (Å²) in [7, 11) is 0. The van der Waals surface area contributed by atoms with Crippen LogP contribution >= 0.6 is 35.0 Å². The molecule has 2 aromatic rings. The quantitative estimate of drug-likeness (QED) is 0.621. The molecule has 2 rings (SSSR count). The summed E-state index contributed by atoms with van der Waals surface area (Å²) < 4.78 is 1.36. The molecular weight excluding hydrogens is 357 g/mol. The normalized spacial score (nSPS) is 13.6. The van der Waals surface area contributed by atoms with Crippen molar-refractivity contribution in [3.8, 4) is 0 Å². The van der Waals surface area contributed by atoms with E-state index >= 15 is 0 Å². The topological polar surface area (TPSA) is 85.8 Å². The highest BCUT2D eigenvalue weighted by atomic mass is 35.5. The lowest BCUT2D eigenvalue weighted by Gasteiger charge is -2.18. The molecule has 23 heavy (non-hydrogen) atoms. The number of nitrogen functional groups attached to an aromatic ring is 1. The number of nitrogens with one attached hydrogen (secondary N) is 1. The van der Waals surface area contributed by atoms with Crippen LogP contribution < -0.4 is 11.2 Å². The van der Waals surface area contributed by atoms with E-state index in [1.165, 1.54) is 16.4 Å². The Morgan fingerprint density at radius 3 is 2.61 bits per heavy atom. The number of aromatic nitrogens is 3. The summed E-state index contributed by atoms with van der Waals surface area (Å²) in [5.41, 5.74) is 0.805. The third kappa shape index (κ3) is 4.31. The van der Waals surface area contributed by atoms with Crippen molar-refractivity contribution < 1.29 is 4.79 Å². The Hall–Kier alpha value is -1.44. The highest BCUT2D eigenvalue weighted by Gasteiger charge is 2.21. The van der Waals surface area contributed by atoms with Gasteiger partial charge in [-0.3, -0.25) is 4.79 Å². The molecule has 0 spiro atoms.